The van der Waals surface area contributed by atoms with Gasteiger partial charge in [-0.05, 0) is 35.4 Å². The van der Waals surface area contributed by atoms with Crippen molar-refractivity contribution in [2.45, 2.75) is 25.0 Å². The van der Waals surface area contributed by atoms with Gasteiger partial charge >= 0.3 is 5.97 Å². The highest BCUT2D eigenvalue weighted by atomic mass is 16.5. The van der Waals surface area contributed by atoms with Crippen LogP contribution in [0.3, 0.4) is 0 Å². The fraction of sp³-hybridized carbons (Fsp3) is 0.214. The molecule has 0 saturated carbocycles. The van der Waals surface area contributed by atoms with E-state index in [1.54, 1.807) is 31.4 Å². The van der Waals surface area contributed by atoms with E-state index in [4.69, 9.17) is 14.2 Å². The summed E-state index contributed by atoms with van der Waals surface area (Å²) in [6.45, 7) is -0.512. The number of methoxy groups -OCH3 is 1. The van der Waals surface area contributed by atoms with Gasteiger partial charge in [-0.3, -0.25) is 14.4 Å². The third-order valence-electron chi connectivity index (χ3n) is 6.19. The van der Waals surface area contributed by atoms with Gasteiger partial charge in [0.25, 0.3) is 11.8 Å². The van der Waals surface area contributed by atoms with Crippen LogP contribution in [-0.4, -0.2) is 48.3 Å². The Morgan fingerprint density at radius 2 is 1.76 bits per heavy atom. The molecule has 9 nitrogen and oxygen atoms in total. The van der Waals surface area contributed by atoms with E-state index >= 15 is 0 Å². The summed E-state index contributed by atoms with van der Waals surface area (Å²) in [5, 5.41) is 8.64. The van der Waals surface area contributed by atoms with E-state index in [2.05, 4.69) is 10.4 Å². The van der Waals surface area contributed by atoms with Crippen molar-refractivity contribution in [1.29, 1.82) is 0 Å². The van der Waals surface area contributed by atoms with Gasteiger partial charge in [-0.15, -0.1) is 0 Å². The Labute approximate surface area is 213 Å². The Morgan fingerprint density at radius 3 is 2.51 bits per heavy atom. The second kappa shape index (κ2) is 10.5. The van der Waals surface area contributed by atoms with Gasteiger partial charge in [0.2, 0.25) is 0 Å². The zero-order chi connectivity index (χ0) is 25.8. The van der Waals surface area contributed by atoms with E-state index in [1.165, 1.54) is 5.01 Å². The van der Waals surface area contributed by atoms with E-state index in [1.807, 2.05) is 54.6 Å². The van der Waals surface area contributed by atoms with Gasteiger partial charge in [0.05, 0.1) is 31.0 Å². The average Bonchev–Trinajstić information content (AvgIpc) is 3.38. The number of anilines is 1. The second-order valence-corrected chi connectivity index (χ2v) is 8.60. The lowest BCUT2D eigenvalue weighted by molar-refractivity contribution is -0.155. The summed E-state index contributed by atoms with van der Waals surface area (Å²) < 4.78 is 16.1. The number of nitrogens with one attached hydrogen (secondary N) is 1. The molecule has 0 saturated heterocycles. The molecule has 2 aliphatic heterocycles. The molecule has 3 aromatic rings. The second-order valence-electron chi connectivity index (χ2n) is 8.60. The van der Waals surface area contributed by atoms with E-state index in [9.17, 15) is 14.4 Å². The lowest BCUT2D eigenvalue weighted by Crippen LogP contribution is -2.39. The van der Waals surface area contributed by atoms with Crippen molar-refractivity contribution in [3.05, 3.63) is 90.0 Å². The van der Waals surface area contributed by atoms with Gasteiger partial charge < -0.3 is 19.5 Å². The molecule has 5 rings (SSSR count). The van der Waals surface area contributed by atoms with Crippen molar-refractivity contribution in [2.24, 2.45) is 5.10 Å². The van der Waals surface area contributed by atoms with Crippen molar-refractivity contribution < 1.29 is 28.6 Å². The standard InChI is InChI=1S/C28H25N3O6/c1-35-20-13-11-19(12-14-20)23-15-22(18-7-3-2-4-8-18)30-31(23)26(32)17-36-27(33)16-25-28(34)29-21-9-5-6-10-24(21)37-25/h2-14,23,25H,15-17H2,1H3,(H,29,34)/t23-,25+/m0/s1. The fourth-order valence-corrected chi connectivity index (χ4v) is 4.28. The summed E-state index contributed by atoms with van der Waals surface area (Å²) >= 11 is 0. The zero-order valence-corrected chi connectivity index (χ0v) is 20.1. The molecule has 0 aliphatic carbocycles. The highest BCUT2D eigenvalue weighted by Gasteiger charge is 2.34. The number of hydrogen-bond acceptors (Lipinski definition) is 7. The molecule has 0 aromatic heterocycles. The first-order valence-electron chi connectivity index (χ1n) is 11.8. The molecule has 0 fully saturated rings. The van der Waals surface area contributed by atoms with Gasteiger partial charge in [-0.1, -0.05) is 54.6 Å². The van der Waals surface area contributed by atoms with E-state index in [0.29, 0.717) is 23.6 Å². The maximum atomic E-state index is 13.2. The van der Waals surface area contributed by atoms with Crippen LogP contribution in [-0.2, 0) is 19.1 Å². The molecule has 3 aromatic carbocycles. The predicted molar refractivity (Wildman–Crippen MR) is 135 cm³/mol. The molecule has 0 radical (unpaired) electrons. The number of para-hydroxylation sites is 2. The van der Waals surface area contributed by atoms with Gasteiger partial charge in [-0.25, -0.2) is 5.01 Å². The van der Waals surface area contributed by atoms with Crippen LogP contribution in [0.2, 0.25) is 0 Å². The minimum atomic E-state index is -1.04. The Kier molecular flexibility index (Phi) is 6.85. The van der Waals surface area contributed by atoms with Gasteiger partial charge in [0.15, 0.2) is 12.7 Å². The van der Waals surface area contributed by atoms with E-state index < -0.39 is 30.5 Å². The third kappa shape index (κ3) is 5.30. The molecule has 37 heavy (non-hydrogen) atoms. The molecule has 0 bridgehead atoms. The number of carbonyl (C=O) groups excluding carboxylic acids is 3. The summed E-state index contributed by atoms with van der Waals surface area (Å²) in [6.07, 6.45) is -0.863. The fourth-order valence-electron chi connectivity index (χ4n) is 4.28. The van der Waals surface area contributed by atoms with Crippen molar-refractivity contribution in [1.82, 2.24) is 5.01 Å². The van der Waals surface area contributed by atoms with Crippen LogP contribution in [0.1, 0.15) is 30.0 Å². The van der Waals surface area contributed by atoms with E-state index in [0.717, 1.165) is 16.8 Å². The predicted octanol–water partition coefficient (Wildman–Crippen LogP) is 3.71. The van der Waals surface area contributed by atoms with Crippen LogP contribution >= 0.6 is 0 Å². The van der Waals surface area contributed by atoms with Gasteiger partial charge in [0, 0.05) is 6.42 Å². The third-order valence-corrected chi connectivity index (χ3v) is 6.19. The molecule has 2 amide bonds. The number of nitrogens with zero attached hydrogens (tertiary/aromatic N) is 2. The lowest BCUT2D eigenvalue weighted by atomic mass is 9.98. The molecule has 1 N–H and O–H groups in total. The number of fused-ring (bicyclic) bond motifs is 1. The van der Waals surface area contributed by atoms with Gasteiger partial charge in [0.1, 0.15) is 11.5 Å². The number of benzene rings is 3. The number of rotatable bonds is 7. The van der Waals surface area contributed by atoms with Crippen LogP contribution in [0.25, 0.3) is 0 Å². The number of esters is 1. The van der Waals surface area contributed by atoms with Crippen LogP contribution in [0.15, 0.2) is 84.0 Å². The summed E-state index contributed by atoms with van der Waals surface area (Å²) in [5.74, 6) is -0.467. The Hall–Kier alpha value is -4.66. The molecule has 9 heteroatoms. The molecule has 188 valence electrons. The smallest absolute Gasteiger partial charge is 0.310 e. The average molecular weight is 500 g/mol. The maximum absolute atomic E-state index is 13.2. The van der Waals surface area contributed by atoms with Crippen molar-refractivity contribution in [2.75, 3.05) is 19.0 Å². The van der Waals surface area contributed by atoms with Crippen LogP contribution < -0.4 is 14.8 Å². The van der Waals surface area contributed by atoms with Crippen molar-refractivity contribution in [3.8, 4) is 11.5 Å². The minimum absolute atomic E-state index is 0.326. The first-order valence-corrected chi connectivity index (χ1v) is 11.8. The lowest BCUT2D eigenvalue weighted by Gasteiger charge is -2.25. The van der Waals surface area contributed by atoms with Gasteiger partial charge in [-0.2, -0.15) is 5.10 Å². The number of carbonyl (C=O) groups is 3. The number of ether oxygens (including phenoxy) is 3. The molecule has 2 atom stereocenters. The number of hydrazone groups is 1. The summed E-state index contributed by atoms with van der Waals surface area (Å²) in [4.78, 5) is 38.0. The molecule has 0 spiro atoms. The topological polar surface area (TPSA) is 107 Å². The highest BCUT2D eigenvalue weighted by Crippen LogP contribution is 2.34. The molecule has 2 heterocycles. The molecular weight excluding hydrogens is 474 g/mol. The number of hydrogen-bond donors (Lipinski definition) is 1. The zero-order valence-electron chi connectivity index (χ0n) is 20.1. The Bertz CT molecular complexity index is 1340. The molecule has 2 aliphatic rings. The van der Waals surface area contributed by atoms with Crippen molar-refractivity contribution >= 4 is 29.2 Å². The van der Waals surface area contributed by atoms with E-state index in [-0.39, 0.29) is 12.5 Å². The van der Waals surface area contributed by atoms with Crippen LogP contribution in [0.4, 0.5) is 5.69 Å². The minimum Gasteiger partial charge on any atom is -0.497 e. The largest absolute Gasteiger partial charge is 0.497 e. The maximum Gasteiger partial charge on any atom is 0.310 e. The van der Waals surface area contributed by atoms with Crippen molar-refractivity contribution in [3.63, 3.8) is 0 Å². The SMILES string of the molecule is COc1ccc([C@@H]2CC(c3ccccc3)=NN2C(=O)COC(=O)C[C@H]2Oc3ccccc3NC2=O)cc1. The summed E-state index contributed by atoms with van der Waals surface area (Å²) in [7, 11) is 1.59. The Morgan fingerprint density at radius 1 is 1.03 bits per heavy atom. The molecule has 0 unspecified atom stereocenters. The summed E-state index contributed by atoms with van der Waals surface area (Å²) in [6, 6.07) is 23.6. The number of amides is 2. The monoisotopic (exact) mass is 499 g/mol. The van der Waals surface area contributed by atoms with Crippen LogP contribution in [0.5, 0.6) is 11.5 Å². The summed E-state index contributed by atoms with van der Waals surface area (Å²) in [5.41, 5.74) is 3.08. The highest BCUT2D eigenvalue weighted by molar-refractivity contribution is 6.03. The first-order chi connectivity index (χ1) is 18.0. The molecular formula is C28H25N3O6. The van der Waals surface area contributed by atoms with Crippen LogP contribution in [0, 0.1) is 0 Å². The first kappa shape index (κ1) is 24.1. The quantitative estimate of drug-likeness (QED) is 0.497. The Balaban J connectivity index is 1.26. The normalized spacial score (nSPS) is 18.2.